The Balaban J connectivity index is 2.84. The van der Waals surface area contributed by atoms with Crippen molar-refractivity contribution in [2.75, 3.05) is 0 Å². The Kier molecular flexibility index (Phi) is 1.38. The lowest BCUT2D eigenvalue weighted by Gasteiger charge is -1.87. The van der Waals surface area contributed by atoms with Crippen LogP contribution in [0.2, 0.25) is 0 Å². The lowest BCUT2D eigenvalue weighted by molar-refractivity contribution is -0.782. The molecular weight excluding hydrogens is 178 g/mol. The van der Waals surface area contributed by atoms with Crippen LogP contribution >= 0.6 is 0 Å². The molecule has 0 saturated carbocycles. The minimum atomic E-state index is -0.620. The molecule has 13 heavy (non-hydrogen) atoms. The standard InChI is InChI=1S/C6H3N3O4/c10-8(11)4-2-1-3-5-6(4)7-13-9(5)12/h1-3H. The van der Waals surface area contributed by atoms with Gasteiger partial charge < -0.3 is 5.21 Å². The van der Waals surface area contributed by atoms with E-state index in [1.807, 2.05) is 0 Å². The quantitative estimate of drug-likeness (QED) is 0.359. The molecule has 0 unspecified atom stereocenters. The second kappa shape index (κ2) is 2.41. The fraction of sp³-hybridized carbons (Fsp3) is 0. The van der Waals surface area contributed by atoms with Crippen molar-refractivity contribution < 1.29 is 14.5 Å². The number of benzene rings is 1. The van der Waals surface area contributed by atoms with E-state index in [0.717, 1.165) is 0 Å². The third kappa shape index (κ3) is 0.975. The first-order valence-corrected chi connectivity index (χ1v) is 3.33. The highest BCUT2D eigenvalue weighted by molar-refractivity contribution is 5.80. The lowest BCUT2D eigenvalue weighted by Crippen LogP contribution is -2.22. The Bertz CT molecular complexity index is 478. The number of non-ortho nitro benzene ring substituents is 1. The monoisotopic (exact) mass is 181 g/mol. The first kappa shape index (κ1) is 7.47. The molecule has 0 aliphatic carbocycles. The highest BCUT2D eigenvalue weighted by Crippen LogP contribution is 2.20. The van der Waals surface area contributed by atoms with E-state index in [1.165, 1.54) is 18.2 Å². The van der Waals surface area contributed by atoms with E-state index >= 15 is 0 Å². The number of nitro benzene ring substituents is 1. The number of aromatic nitrogens is 2. The zero-order valence-electron chi connectivity index (χ0n) is 6.21. The van der Waals surface area contributed by atoms with Gasteiger partial charge in [0.1, 0.15) is 0 Å². The smallest absolute Gasteiger partial charge is 0.326 e. The Morgan fingerprint density at radius 3 is 3.00 bits per heavy atom. The molecule has 7 heteroatoms. The van der Waals surface area contributed by atoms with Crippen LogP contribution < -0.4 is 4.90 Å². The molecule has 1 aromatic heterocycles. The number of fused-ring (bicyclic) bond motifs is 1. The van der Waals surface area contributed by atoms with Crippen LogP contribution in [0.15, 0.2) is 22.8 Å². The summed E-state index contributed by atoms with van der Waals surface area (Å²) in [6.07, 6.45) is 0. The largest absolute Gasteiger partial charge is 0.359 e. The SMILES string of the molecule is O=[N+]([O-])c1cccc2c1no[n+]2[O-]. The molecule has 0 radical (unpaired) electrons. The average Bonchev–Trinajstić information content (AvgIpc) is 2.48. The van der Waals surface area contributed by atoms with Crippen molar-refractivity contribution in [2.45, 2.75) is 0 Å². The summed E-state index contributed by atoms with van der Waals surface area (Å²) in [6.45, 7) is 0. The summed E-state index contributed by atoms with van der Waals surface area (Å²) >= 11 is 0. The Labute approximate surface area is 70.9 Å². The summed E-state index contributed by atoms with van der Waals surface area (Å²) in [5, 5.41) is 24.5. The van der Waals surface area contributed by atoms with Gasteiger partial charge in [0.05, 0.1) is 10.1 Å². The maximum absolute atomic E-state index is 10.8. The zero-order valence-corrected chi connectivity index (χ0v) is 6.21. The van der Waals surface area contributed by atoms with Gasteiger partial charge in [-0.15, -0.1) is 0 Å². The summed E-state index contributed by atoms with van der Waals surface area (Å²) in [6, 6.07) is 4.04. The molecule has 0 atom stereocenters. The second-order valence-electron chi connectivity index (χ2n) is 2.33. The van der Waals surface area contributed by atoms with Crippen LogP contribution in [0.5, 0.6) is 0 Å². The van der Waals surface area contributed by atoms with Crippen molar-refractivity contribution in [3.8, 4) is 0 Å². The fourth-order valence-electron chi connectivity index (χ4n) is 1.03. The van der Waals surface area contributed by atoms with Crippen molar-refractivity contribution in [3.63, 3.8) is 0 Å². The first-order valence-electron chi connectivity index (χ1n) is 3.33. The van der Waals surface area contributed by atoms with Gasteiger partial charge in [-0.3, -0.25) is 14.7 Å². The molecule has 0 spiro atoms. The minimum Gasteiger partial charge on any atom is -0.359 e. The third-order valence-corrected chi connectivity index (χ3v) is 1.59. The fourth-order valence-corrected chi connectivity index (χ4v) is 1.03. The van der Waals surface area contributed by atoms with Crippen LogP contribution in [-0.2, 0) is 0 Å². The number of hydrogen-bond acceptors (Lipinski definition) is 5. The van der Waals surface area contributed by atoms with Crippen molar-refractivity contribution in [1.82, 2.24) is 5.16 Å². The summed E-state index contributed by atoms with van der Waals surface area (Å²) in [7, 11) is 0. The molecular formula is C6H3N3O4. The van der Waals surface area contributed by atoms with Gasteiger partial charge in [-0.05, 0) is 11.0 Å². The molecule has 0 aliphatic heterocycles. The molecule has 0 bridgehead atoms. The summed E-state index contributed by atoms with van der Waals surface area (Å²) in [5.74, 6) is 0. The molecule has 0 N–H and O–H groups in total. The number of rotatable bonds is 1. The lowest BCUT2D eigenvalue weighted by atomic mass is 10.3. The van der Waals surface area contributed by atoms with Gasteiger partial charge in [0.2, 0.25) is 5.52 Å². The second-order valence-corrected chi connectivity index (χ2v) is 2.33. The van der Waals surface area contributed by atoms with Gasteiger partial charge in [-0.1, -0.05) is 6.07 Å². The third-order valence-electron chi connectivity index (χ3n) is 1.59. The van der Waals surface area contributed by atoms with Gasteiger partial charge in [-0.2, -0.15) is 0 Å². The first-order chi connectivity index (χ1) is 6.20. The Morgan fingerprint density at radius 2 is 2.31 bits per heavy atom. The molecule has 1 heterocycles. The number of hydrogen-bond donors (Lipinski definition) is 0. The predicted molar refractivity (Wildman–Crippen MR) is 39.6 cm³/mol. The van der Waals surface area contributed by atoms with Crippen LogP contribution in [0.3, 0.4) is 0 Å². The van der Waals surface area contributed by atoms with Crippen molar-refractivity contribution in [2.24, 2.45) is 0 Å². The average molecular weight is 181 g/mol. The normalized spacial score (nSPS) is 10.5. The molecule has 2 rings (SSSR count). The summed E-state index contributed by atoms with van der Waals surface area (Å²) in [4.78, 5) is 9.94. The van der Waals surface area contributed by atoms with Crippen LogP contribution in [0.4, 0.5) is 5.69 Å². The zero-order chi connectivity index (χ0) is 9.42. The van der Waals surface area contributed by atoms with Crippen LogP contribution in [0, 0.1) is 15.3 Å². The number of nitro groups is 1. The van der Waals surface area contributed by atoms with E-state index in [0.29, 0.717) is 0 Å². The highest BCUT2D eigenvalue weighted by Gasteiger charge is 2.21. The van der Waals surface area contributed by atoms with E-state index in [2.05, 4.69) is 9.79 Å². The predicted octanol–water partition coefficient (Wildman–Crippen LogP) is 0.369. The number of nitrogens with zero attached hydrogens (tertiary/aromatic N) is 3. The van der Waals surface area contributed by atoms with Gasteiger partial charge >= 0.3 is 11.2 Å². The van der Waals surface area contributed by atoms with Gasteiger partial charge in [-0.25, -0.2) is 0 Å². The van der Waals surface area contributed by atoms with Crippen molar-refractivity contribution >= 4 is 16.7 Å². The Hall–Kier alpha value is -2.18. The molecule has 7 nitrogen and oxygen atoms in total. The van der Waals surface area contributed by atoms with E-state index in [9.17, 15) is 15.3 Å². The van der Waals surface area contributed by atoms with E-state index in [-0.39, 0.29) is 21.6 Å². The van der Waals surface area contributed by atoms with Crippen LogP contribution in [-0.4, -0.2) is 10.1 Å². The summed E-state index contributed by atoms with van der Waals surface area (Å²) in [5.41, 5.74) is -0.229. The molecule has 0 fully saturated rings. The molecule has 0 amide bonds. The Morgan fingerprint density at radius 1 is 1.54 bits per heavy atom. The maximum Gasteiger partial charge on any atom is 0.326 e. The topological polar surface area (TPSA) is 96.1 Å². The van der Waals surface area contributed by atoms with Crippen molar-refractivity contribution in [3.05, 3.63) is 33.5 Å². The highest BCUT2D eigenvalue weighted by atomic mass is 16.8. The van der Waals surface area contributed by atoms with Crippen LogP contribution in [0.25, 0.3) is 11.0 Å². The molecule has 1 aromatic carbocycles. The van der Waals surface area contributed by atoms with Crippen LogP contribution in [0.1, 0.15) is 0 Å². The minimum absolute atomic E-state index is 0.0394. The van der Waals surface area contributed by atoms with Gasteiger partial charge in [0.25, 0.3) is 0 Å². The summed E-state index contributed by atoms with van der Waals surface area (Å²) < 4.78 is 4.21. The van der Waals surface area contributed by atoms with E-state index in [4.69, 9.17) is 0 Å². The maximum atomic E-state index is 10.8. The van der Waals surface area contributed by atoms with Gasteiger partial charge in [0.15, 0.2) is 0 Å². The van der Waals surface area contributed by atoms with Gasteiger partial charge in [0, 0.05) is 6.07 Å². The molecule has 2 aromatic rings. The van der Waals surface area contributed by atoms with E-state index < -0.39 is 4.92 Å². The molecule has 0 saturated heterocycles. The van der Waals surface area contributed by atoms with E-state index in [1.54, 1.807) is 0 Å². The van der Waals surface area contributed by atoms with Crippen molar-refractivity contribution in [1.29, 1.82) is 0 Å². The molecule has 66 valence electrons. The molecule has 0 aliphatic rings.